The first-order valence-electron chi connectivity index (χ1n) is 7.74. The highest BCUT2D eigenvalue weighted by Crippen LogP contribution is 2.19. The Morgan fingerprint density at radius 3 is 2.44 bits per heavy atom. The van der Waals surface area contributed by atoms with Crippen molar-refractivity contribution in [1.29, 1.82) is 0 Å². The van der Waals surface area contributed by atoms with Crippen LogP contribution in [0.25, 0.3) is 0 Å². The molecule has 2 aromatic carbocycles. The van der Waals surface area contributed by atoms with Gasteiger partial charge in [-0.3, -0.25) is 4.79 Å². The summed E-state index contributed by atoms with van der Waals surface area (Å²) in [4.78, 5) is 24.3. The third-order valence-corrected chi connectivity index (χ3v) is 3.69. The van der Waals surface area contributed by atoms with Crippen molar-refractivity contribution >= 4 is 17.6 Å². The summed E-state index contributed by atoms with van der Waals surface area (Å²) in [6.07, 6.45) is -1.07. The van der Waals surface area contributed by atoms with Crippen molar-refractivity contribution in [2.75, 3.05) is 12.4 Å². The van der Waals surface area contributed by atoms with Crippen LogP contribution >= 0.6 is 0 Å². The van der Waals surface area contributed by atoms with Gasteiger partial charge in [-0.05, 0) is 44.5 Å². The van der Waals surface area contributed by atoms with E-state index < -0.39 is 23.8 Å². The summed E-state index contributed by atoms with van der Waals surface area (Å²) in [7, 11) is 1.40. The number of amides is 1. The molecule has 0 radical (unpaired) electrons. The molecule has 0 heterocycles. The number of anilines is 1. The molecule has 6 heteroatoms. The fraction of sp³-hybridized carbons (Fsp3) is 0.263. The van der Waals surface area contributed by atoms with Gasteiger partial charge in [-0.25, -0.2) is 9.18 Å². The fourth-order valence-electron chi connectivity index (χ4n) is 2.25. The molecule has 2 aromatic rings. The van der Waals surface area contributed by atoms with Crippen LogP contribution in [0.5, 0.6) is 5.75 Å². The van der Waals surface area contributed by atoms with Crippen molar-refractivity contribution in [3.8, 4) is 5.75 Å². The number of rotatable bonds is 5. The number of carbonyl (C=O) groups is 2. The summed E-state index contributed by atoms with van der Waals surface area (Å²) in [5.41, 5.74) is 2.35. The maximum absolute atomic E-state index is 13.9. The number of aryl methyl sites for hydroxylation is 2. The number of esters is 1. The van der Waals surface area contributed by atoms with E-state index in [1.807, 2.05) is 26.0 Å². The maximum Gasteiger partial charge on any atom is 0.341 e. The Hall–Kier alpha value is -2.89. The summed E-state index contributed by atoms with van der Waals surface area (Å²) in [6, 6.07) is 9.35. The van der Waals surface area contributed by atoms with Crippen LogP contribution in [0.4, 0.5) is 10.1 Å². The summed E-state index contributed by atoms with van der Waals surface area (Å²) < 4.78 is 23.8. The highest BCUT2D eigenvalue weighted by atomic mass is 19.1. The van der Waals surface area contributed by atoms with Gasteiger partial charge >= 0.3 is 5.97 Å². The van der Waals surface area contributed by atoms with Gasteiger partial charge < -0.3 is 14.8 Å². The number of hydrogen-bond acceptors (Lipinski definition) is 4. The van der Waals surface area contributed by atoms with E-state index in [4.69, 9.17) is 9.47 Å². The van der Waals surface area contributed by atoms with E-state index >= 15 is 0 Å². The first-order chi connectivity index (χ1) is 11.8. The van der Waals surface area contributed by atoms with Gasteiger partial charge in [0, 0.05) is 11.8 Å². The highest BCUT2D eigenvalue weighted by Gasteiger charge is 2.22. The molecule has 2 rings (SSSR count). The zero-order valence-corrected chi connectivity index (χ0v) is 14.6. The van der Waals surface area contributed by atoms with Gasteiger partial charge in [0.15, 0.2) is 6.10 Å². The van der Waals surface area contributed by atoms with Crippen LogP contribution in [-0.4, -0.2) is 25.1 Å². The second-order valence-electron chi connectivity index (χ2n) is 5.70. The van der Waals surface area contributed by atoms with Crippen LogP contribution in [0.3, 0.4) is 0 Å². The van der Waals surface area contributed by atoms with Crippen molar-refractivity contribution in [2.45, 2.75) is 26.9 Å². The molecule has 1 N–H and O–H groups in total. The molecule has 1 atom stereocenters. The molecule has 0 saturated carbocycles. The second-order valence-corrected chi connectivity index (χ2v) is 5.70. The number of ether oxygens (including phenoxy) is 2. The summed E-state index contributed by atoms with van der Waals surface area (Å²) in [5.74, 6) is -1.89. The number of benzene rings is 2. The molecule has 0 saturated heterocycles. The average molecular weight is 345 g/mol. The Kier molecular flexibility index (Phi) is 5.75. The molecule has 132 valence electrons. The van der Waals surface area contributed by atoms with Crippen LogP contribution in [-0.2, 0) is 9.53 Å². The molecular weight excluding hydrogens is 325 g/mol. The predicted octanol–water partition coefficient (Wildman–Crippen LogP) is 3.64. The Morgan fingerprint density at radius 1 is 1.12 bits per heavy atom. The molecule has 0 bridgehead atoms. The minimum atomic E-state index is -1.07. The smallest absolute Gasteiger partial charge is 0.341 e. The van der Waals surface area contributed by atoms with Crippen molar-refractivity contribution in [1.82, 2.24) is 0 Å². The minimum absolute atomic E-state index is 0.257. The number of halogens is 1. The third kappa shape index (κ3) is 4.56. The van der Waals surface area contributed by atoms with Crippen LogP contribution in [0.1, 0.15) is 28.4 Å². The first kappa shape index (κ1) is 18.4. The Morgan fingerprint density at radius 2 is 1.84 bits per heavy atom. The van der Waals surface area contributed by atoms with E-state index in [1.54, 1.807) is 6.07 Å². The molecule has 0 aliphatic carbocycles. The lowest BCUT2D eigenvalue weighted by Crippen LogP contribution is -2.30. The fourth-order valence-corrected chi connectivity index (χ4v) is 2.25. The van der Waals surface area contributed by atoms with Crippen molar-refractivity contribution in [2.24, 2.45) is 0 Å². The van der Waals surface area contributed by atoms with Gasteiger partial charge in [0.1, 0.15) is 11.6 Å². The van der Waals surface area contributed by atoms with Crippen LogP contribution in [0.15, 0.2) is 36.4 Å². The lowest BCUT2D eigenvalue weighted by Gasteiger charge is -2.15. The van der Waals surface area contributed by atoms with Gasteiger partial charge in [-0.1, -0.05) is 17.7 Å². The van der Waals surface area contributed by atoms with Crippen molar-refractivity contribution in [3.05, 3.63) is 58.9 Å². The van der Waals surface area contributed by atoms with Gasteiger partial charge in [0.25, 0.3) is 5.91 Å². The Bertz CT molecular complexity index is 804. The van der Waals surface area contributed by atoms with E-state index in [2.05, 4.69) is 5.32 Å². The van der Waals surface area contributed by atoms with Crippen LogP contribution in [0, 0.1) is 19.7 Å². The summed E-state index contributed by atoms with van der Waals surface area (Å²) in [5, 5.41) is 2.70. The van der Waals surface area contributed by atoms with Gasteiger partial charge in [-0.15, -0.1) is 0 Å². The van der Waals surface area contributed by atoms with Crippen LogP contribution in [0.2, 0.25) is 0 Å². The van der Waals surface area contributed by atoms with E-state index in [9.17, 15) is 14.0 Å². The number of nitrogens with one attached hydrogen (secondary N) is 1. The molecule has 0 unspecified atom stereocenters. The second kappa shape index (κ2) is 7.79. The molecule has 5 nitrogen and oxygen atoms in total. The third-order valence-electron chi connectivity index (χ3n) is 3.69. The molecule has 25 heavy (non-hydrogen) atoms. The zero-order chi connectivity index (χ0) is 18.6. The summed E-state index contributed by atoms with van der Waals surface area (Å²) >= 11 is 0. The predicted molar refractivity (Wildman–Crippen MR) is 92.4 cm³/mol. The molecule has 0 fully saturated rings. The van der Waals surface area contributed by atoms with Crippen molar-refractivity contribution in [3.63, 3.8) is 0 Å². The lowest BCUT2D eigenvalue weighted by molar-refractivity contribution is -0.123. The maximum atomic E-state index is 13.9. The largest absolute Gasteiger partial charge is 0.497 e. The highest BCUT2D eigenvalue weighted by molar-refractivity contribution is 5.97. The molecule has 0 aliphatic rings. The first-order valence-corrected chi connectivity index (χ1v) is 7.74. The van der Waals surface area contributed by atoms with Gasteiger partial charge in [-0.2, -0.15) is 0 Å². The normalized spacial score (nSPS) is 11.6. The standard InChI is InChI=1S/C19H20FNO4/c1-11-5-8-17(12(2)9-11)21-18(22)13(3)25-19(23)15-7-6-14(24-4)10-16(15)20/h5-10,13H,1-4H3,(H,21,22)/t13-/m1/s1. The van der Waals surface area contributed by atoms with E-state index in [-0.39, 0.29) is 11.3 Å². The van der Waals surface area contributed by atoms with Crippen LogP contribution < -0.4 is 10.1 Å². The van der Waals surface area contributed by atoms with E-state index in [0.29, 0.717) is 5.69 Å². The SMILES string of the molecule is COc1ccc(C(=O)O[C@H](C)C(=O)Nc2ccc(C)cc2C)c(F)c1. The van der Waals surface area contributed by atoms with E-state index in [1.165, 1.54) is 26.2 Å². The Balaban J connectivity index is 2.04. The lowest BCUT2D eigenvalue weighted by atomic mass is 10.1. The Labute approximate surface area is 145 Å². The minimum Gasteiger partial charge on any atom is -0.497 e. The molecule has 0 aliphatic heterocycles. The average Bonchev–Trinajstić information content (AvgIpc) is 2.56. The monoisotopic (exact) mass is 345 g/mol. The molecular formula is C19H20FNO4. The topological polar surface area (TPSA) is 64.6 Å². The quantitative estimate of drug-likeness (QED) is 0.841. The van der Waals surface area contributed by atoms with Gasteiger partial charge in [0.05, 0.1) is 12.7 Å². The number of methoxy groups -OCH3 is 1. The summed E-state index contributed by atoms with van der Waals surface area (Å²) in [6.45, 7) is 5.25. The number of carbonyl (C=O) groups excluding carboxylic acids is 2. The number of hydrogen-bond donors (Lipinski definition) is 1. The molecule has 0 spiro atoms. The van der Waals surface area contributed by atoms with Crippen molar-refractivity contribution < 1.29 is 23.5 Å². The zero-order valence-electron chi connectivity index (χ0n) is 14.6. The van der Waals surface area contributed by atoms with Gasteiger partial charge in [0.2, 0.25) is 0 Å². The molecule has 0 aromatic heterocycles. The van der Waals surface area contributed by atoms with E-state index in [0.717, 1.165) is 17.2 Å². The molecule has 1 amide bonds.